The molecule has 5 rings (SSSR count). The summed E-state index contributed by atoms with van der Waals surface area (Å²) in [5.41, 5.74) is 6.13. The molecule has 0 amide bonds. The van der Waals surface area contributed by atoms with Crippen molar-refractivity contribution in [3.63, 3.8) is 0 Å². The first-order valence-corrected chi connectivity index (χ1v) is 17.8. The van der Waals surface area contributed by atoms with Crippen molar-refractivity contribution in [2.45, 2.75) is 93.4 Å². The van der Waals surface area contributed by atoms with Gasteiger partial charge in [0.1, 0.15) is 14.7 Å². The first kappa shape index (κ1) is 37.8. The van der Waals surface area contributed by atoms with Crippen LogP contribution in [0, 0.1) is 31.7 Å². The number of allylic oxidation sites excluding steroid dienone is 2. The smallest absolute Gasteiger partial charge is 0.162 e. The molecule has 2 heterocycles. The van der Waals surface area contributed by atoms with Crippen molar-refractivity contribution in [2.75, 3.05) is 0 Å². The SMILES string of the molecule is CCC(CC)C(=O)/C=C(\O)C(CC)CC.Cc1cc(C)cc(-c2nc3sc(-c4[c-]c5ccccc5c(C(C)(C)C)c4)nc3s2)c1.[Ir]. The fraction of sp³-hybridized carbons (Fsp3) is 0.410. The minimum absolute atomic E-state index is 0. The molecule has 0 aliphatic rings. The fourth-order valence-electron chi connectivity index (χ4n) is 5.72. The third-order valence-electron chi connectivity index (χ3n) is 8.34. The predicted octanol–water partition coefficient (Wildman–Crippen LogP) is 11.8. The van der Waals surface area contributed by atoms with Crippen molar-refractivity contribution in [3.8, 4) is 21.1 Å². The van der Waals surface area contributed by atoms with Crippen molar-refractivity contribution < 1.29 is 30.0 Å². The second-order valence-corrected chi connectivity index (χ2v) is 14.9. The first-order valence-electron chi connectivity index (χ1n) is 16.1. The number of aryl methyl sites for hydroxylation is 2. The van der Waals surface area contributed by atoms with Crippen LogP contribution in [0.4, 0.5) is 0 Å². The molecule has 0 bridgehead atoms. The average molecular weight is 832 g/mol. The van der Waals surface area contributed by atoms with Crippen LogP contribution >= 0.6 is 22.7 Å². The summed E-state index contributed by atoms with van der Waals surface area (Å²) in [6, 6.07) is 20.9. The van der Waals surface area contributed by atoms with Crippen LogP contribution in [0.25, 0.3) is 41.6 Å². The van der Waals surface area contributed by atoms with Crippen molar-refractivity contribution in [2.24, 2.45) is 11.8 Å². The third-order valence-corrected chi connectivity index (χ3v) is 10.5. The number of fused-ring (bicyclic) bond motifs is 2. The summed E-state index contributed by atoms with van der Waals surface area (Å²) in [6.45, 7) is 19.1. The number of ketones is 1. The van der Waals surface area contributed by atoms with Crippen LogP contribution in [0.3, 0.4) is 0 Å². The van der Waals surface area contributed by atoms with Gasteiger partial charge in [-0.15, -0.1) is 40.5 Å². The quantitative estimate of drug-likeness (QED) is 0.0913. The summed E-state index contributed by atoms with van der Waals surface area (Å²) < 4.78 is 0. The van der Waals surface area contributed by atoms with E-state index in [1.807, 2.05) is 27.7 Å². The number of hydrogen-bond acceptors (Lipinski definition) is 6. The van der Waals surface area contributed by atoms with Gasteiger partial charge in [-0.2, -0.15) is 0 Å². The van der Waals surface area contributed by atoms with E-state index in [4.69, 9.17) is 9.97 Å². The van der Waals surface area contributed by atoms with E-state index in [1.165, 1.54) is 33.7 Å². The van der Waals surface area contributed by atoms with Gasteiger partial charge in [-0.05, 0) is 57.1 Å². The normalized spacial score (nSPS) is 12.0. The molecule has 0 fully saturated rings. The van der Waals surface area contributed by atoms with E-state index in [1.54, 1.807) is 22.7 Å². The van der Waals surface area contributed by atoms with Gasteiger partial charge in [-0.25, -0.2) is 4.98 Å². The van der Waals surface area contributed by atoms with Gasteiger partial charge in [0.2, 0.25) is 0 Å². The van der Waals surface area contributed by atoms with Crippen LogP contribution in [0.15, 0.2) is 60.4 Å². The van der Waals surface area contributed by atoms with Crippen molar-refractivity contribution >= 4 is 48.9 Å². The number of rotatable bonds is 9. The van der Waals surface area contributed by atoms with Crippen molar-refractivity contribution in [3.05, 3.63) is 83.1 Å². The van der Waals surface area contributed by atoms with Gasteiger partial charge < -0.3 is 5.11 Å². The topological polar surface area (TPSA) is 63.1 Å². The van der Waals surface area contributed by atoms with Gasteiger partial charge in [0.25, 0.3) is 0 Å². The van der Waals surface area contributed by atoms with Gasteiger partial charge in [-0.3, -0.25) is 9.78 Å². The van der Waals surface area contributed by atoms with Crippen LogP contribution < -0.4 is 0 Å². The molecule has 0 saturated carbocycles. The number of thiazole rings is 2. The van der Waals surface area contributed by atoms with Gasteiger partial charge in [0.05, 0.1) is 10.8 Å². The molecule has 0 unspecified atom stereocenters. The van der Waals surface area contributed by atoms with Crippen molar-refractivity contribution in [1.82, 2.24) is 9.97 Å². The third kappa shape index (κ3) is 9.01. The Morgan fingerprint density at radius 2 is 1.39 bits per heavy atom. The average Bonchev–Trinajstić information content (AvgIpc) is 3.57. The standard InChI is InChI=1S/C26H23N2S2.C13H24O2.Ir/c1-15-10-16(2)12-18(11-15)22-27-24-25(29-22)28-23(30-24)19-13-17-8-6-7-9-20(17)21(14-19)26(3,4)5;1-5-10(6-2)12(14)9-13(15)11(7-3)8-4;/h6-12,14H,1-5H3;9-11,14H,5-8H2,1-4H3;/q-1;;/b;12-9-;. The Balaban J connectivity index is 0.000000309. The molecule has 2 aromatic heterocycles. The van der Waals surface area contributed by atoms with Crippen LogP contribution in [0.2, 0.25) is 0 Å². The van der Waals surface area contributed by atoms with E-state index in [0.717, 1.165) is 56.3 Å². The molecular weight excluding hydrogens is 785 g/mol. The number of nitrogens with zero attached hydrogens (tertiary/aromatic N) is 2. The summed E-state index contributed by atoms with van der Waals surface area (Å²) in [4.78, 5) is 23.6. The number of carbonyl (C=O) groups excluding carboxylic acids is 1. The number of carbonyl (C=O) groups is 1. The molecule has 5 aromatic rings. The second-order valence-electron chi connectivity index (χ2n) is 12.9. The Kier molecular flexibility index (Phi) is 13.5. The number of benzene rings is 3. The van der Waals surface area contributed by atoms with Crippen LogP contribution in [0.1, 0.15) is 90.8 Å². The monoisotopic (exact) mass is 832 g/mol. The zero-order valence-corrected chi connectivity index (χ0v) is 32.6. The predicted molar refractivity (Wildman–Crippen MR) is 195 cm³/mol. The molecule has 0 atom stereocenters. The van der Waals surface area contributed by atoms with E-state index in [9.17, 15) is 9.90 Å². The molecule has 1 N–H and O–H groups in total. The molecule has 7 heteroatoms. The maximum absolute atomic E-state index is 11.7. The zero-order valence-electron chi connectivity index (χ0n) is 28.6. The van der Waals surface area contributed by atoms with Gasteiger partial charge in [0, 0.05) is 43.6 Å². The second kappa shape index (κ2) is 16.4. The molecule has 247 valence electrons. The minimum atomic E-state index is 0. The zero-order chi connectivity index (χ0) is 32.9. The molecule has 0 spiro atoms. The molecular formula is C39H47IrN2O2S2-. The molecule has 4 nitrogen and oxygen atoms in total. The molecule has 0 saturated heterocycles. The minimum Gasteiger partial charge on any atom is -0.512 e. The fourth-order valence-corrected chi connectivity index (χ4v) is 7.73. The Bertz CT molecular complexity index is 1750. The van der Waals surface area contributed by atoms with Crippen LogP contribution in [0.5, 0.6) is 0 Å². The van der Waals surface area contributed by atoms with Gasteiger partial charge in [-0.1, -0.05) is 106 Å². The molecule has 1 radical (unpaired) electrons. The Morgan fingerprint density at radius 1 is 0.848 bits per heavy atom. The summed E-state index contributed by atoms with van der Waals surface area (Å²) in [6.07, 6.45) is 4.91. The maximum Gasteiger partial charge on any atom is 0.162 e. The molecule has 3 aromatic carbocycles. The summed E-state index contributed by atoms with van der Waals surface area (Å²) >= 11 is 3.33. The van der Waals surface area contributed by atoms with E-state index >= 15 is 0 Å². The van der Waals surface area contributed by atoms with Crippen molar-refractivity contribution in [1.29, 1.82) is 0 Å². The van der Waals surface area contributed by atoms with Gasteiger partial charge >= 0.3 is 0 Å². The van der Waals surface area contributed by atoms with E-state index < -0.39 is 0 Å². The number of hydrogen-bond donors (Lipinski definition) is 1. The van der Waals surface area contributed by atoms with E-state index in [-0.39, 0.29) is 48.9 Å². The number of aliphatic hydroxyl groups excluding tert-OH is 1. The Morgan fingerprint density at radius 3 is 1.96 bits per heavy atom. The Labute approximate surface area is 296 Å². The van der Waals surface area contributed by atoms with E-state index in [0.29, 0.717) is 0 Å². The largest absolute Gasteiger partial charge is 0.512 e. The van der Waals surface area contributed by atoms with E-state index in [2.05, 4.69) is 89.2 Å². The first-order chi connectivity index (χ1) is 21.4. The number of aliphatic hydroxyl groups is 1. The molecule has 0 aliphatic heterocycles. The Hall–Kier alpha value is -2.70. The number of aromatic nitrogens is 2. The van der Waals surface area contributed by atoms with Crippen LogP contribution in [-0.4, -0.2) is 20.9 Å². The maximum atomic E-state index is 11.7. The molecule has 46 heavy (non-hydrogen) atoms. The molecule has 0 aliphatic carbocycles. The summed E-state index contributed by atoms with van der Waals surface area (Å²) in [7, 11) is 0. The van der Waals surface area contributed by atoms with Gasteiger partial charge in [0.15, 0.2) is 5.78 Å². The summed E-state index contributed by atoms with van der Waals surface area (Å²) in [5.74, 6) is 0.547. The van der Waals surface area contributed by atoms with Crippen LogP contribution in [-0.2, 0) is 30.3 Å². The summed E-state index contributed by atoms with van der Waals surface area (Å²) in [5, 5.41) is 14.2.